The van der Waals surface area contributed by atoms with E-state index in [4.69, 9.17) is 23.2 Å². The van der Waals surface area contributed by atoms with Gasteiger partial charge in [0.05, 0.1) is 28.4 Å². The molecule has 51 heavy (non-hydrogen) atoms. The second-order valence-corrected chi connectivity index (χ2v) is 16.8. The van der Waals surface area contributed by atoms with Gasteiger partial charge in [-0.25, -0.2) is 0 Å². The van der Waals surface area contributed by atoms with Crippen molar-refractivity contribution in [2.75, 3.05) is 10.2 Å². The Bertz CT molecular complexity index is 2250. The van der Waals surface area contributed by atoms with Gasteiger partial charge in [0.1, 0.15) is 0 Å². The molecule has 0 fully saturated rings. The molecule has 0 saturated carbocycles. The third-order valence-electron chi connectivity index (χ3n) is 9.07. The summed E-state index contributed by atoms with van der Waals surface area (Å²) < 4.78 is 1.12. The van der Waals surface area contributed by atoms with Crippen LogP contribution in [0.5, 0.6) is 0 Å². The Morgan fingerprint density at radius 1 is 0.549 bits per heavy atom. The molecule has 6 aromatic rings. The van der Waals surface area contributed by atoms with Gasteiger partial charge >= 0.3 is 0 Å². The smallest absolute Gasteiger partial charge is 0.0601 e. The highest BCUT2D eigenvalue weighted by Crippen LogP contribution is 2.53. The summed E-state index contributed by atoms with van der Waals surface area (Å²) in [5, 5.41) is 5.00. The van der Waals surface area contributed by atoms with Crippen molar-refractivity contribution in [2.24, 2.45) is 0 Å². The standard InChI is InChI=1S/C22H16ClNS.C12H9NS.C10H8BrCl/c1-14-10-15-12-16(23)13-20(17(15)11-14)24-18-6-2-4-8-21(18)25-22-9-5-3-7-19(22)24;1-3-7-11-9(5-1)13-10-6-2-4-8-12(10)14-11;1-6-2-7-4-8(12)5-10(11)9(7)3-6/h2-10,12-13H,11H2,1H3;1-8,13H;2,4-5H,3H2,1H3. The van der Waals surface area contributed by atoms with E-state index >= 15 is 0 Å². The average Bonchev–Trinajstić information content (AvgIpc) is 3.70. The van der Waals surface area contributed by atoms with Crippen LogP contribution in [0.1, 0.15) is 36.1 Å². The monoisotopic (exact) mass is 802 g/mol. The first-order valence-corrected chi connectivity index (χ1v) is 19.9. The average molecular weight is 805 g/mol. The number of halogens is 3. The van der Waals surface area contributed by atoms with Crippen LogP contribution in [0.25, 0.3) is 12.2 Å². The lowest BCUT2D eigenvalue weighted by Gasteiger charge is -2.34. The lowest BCUT2D eigenvalue weighted by atomic mass is 10.0. The van der Waals surface area contributed by atoms with Crippen molar-refractivity contribution in [3.63, 3.8) is 0 Å². The molecular weight excluding hydrogens is 771 g/mol. The Kier molecular flexibility index (Phi) is 9.84. The summed E-state index contributed by atoms with van der Waals surface area (Å²) in [6.45, 7) is 4.33. The number of rotatable bonds is 1. The second kappa shape index (κ2) is 14.7. The first-order valence-electron chi connectivity index (χ1n) is 16.7. The number of allylic oxidation sites excluding steroid dienone is 2. The van der Waals surface area contributed by atoms with Gasteiger partial charge in [-0.1, -0.05) is 134 Å². The first kappa shape index (κ1) is 34.3. The minimum atomic E-state index is 0.785. The summed E-state index contributed by atoms with van der Waals surface area (Å²) in [7, 11) is 0. The molecule has 2 heterocycles. The number of nitrogens with one attached hydrogen (secondary N) is 1. The molecule has 2 aliphatic carbocycles. The Labute approximate surface area is 326 Å². The molecule has 1 N–H and O–H groups in total. The van der Waals surface area contributed by atoms with E-state index in [0.717, 1.165) is 27.4 Å². The van der Waals surface area contributed by atoms with Crippen molar-refractivity contribution in [2.45, 2.75) is 46.3 Å². The maximum Gasteiger partial charge on any atom is 0.0601 e. The van der Waals surface area contributed by atoms with Gasteiger partial charge in [0, 0.05) is 34.1 Å². The van der Waals surface area contributed by atoms with Crippen LogP contribution in [0.3, 0.4) is 0 Å². The minimum Gasteiger partial charge on any atom is -0.354 e. The number of para-hydroxylation sites is 4. The van der Waals surface area contributed by atoms with Crippen LogP contribution >= 0.6 is 62.7 Å². The molecule has 0 saturated heterocycles. The van der Waals surface area contributed by atoms with Crippen LogP contribution in [-0.4, -0.2) is 0 Å². The fraction of sp³-hybridized carbons (Fsp3) is 0.0909. The zero-order valence-electron chi connectivity index (χ0n) is 28.0. The fourth-order valence-corrected chi connectivity index (χ4v) is 10.1. The topological polar surface area (TPSA) is 15.3 Å². The van der Waals surface area contributed by atoms with Crippen LogP contribution in [0, 0.1) is 0 Å². The summed E-state index contributed by atoms with van der Waals surface area (Å²) in [4.78, 5) is 7.52. The summed E-state index contributed by atoms with van der Waals surface area (Å²) in [6.07, 6.45) is 6.47. The molecule has 2 aliphatic heterocycles. The number of nitrogens with zero attached hydrogens (tertiary/aromatic N) is 1. The van der Waals surface area contributed by atoms with Crippen molar-refractivity contribution in [1.29, 1.82) is 0 Å². The van der Waals surface area contributed by atoms with Crippen molar-refractivity contribution in [3.8, 4) is 0 Å². The number of benzene rings is 6. The van der Waals surface area contributed by atoms with Gasteiger partial charge in [0.15, 0.2) is 0 Å². The summed E-state index contributed by atoms with van der Waals surface area (Å²) in [5.41, 5.74) is 14.0. The van der Waals surface area contributed by atoms with Crippen molar-refractivity contribution in [1.82, 2.24) is 0 Å². The van der Waals surface area contributed by atoms with Crippen molar-refractivity contribution >= 4 is 103 Å². The quantitative estimate of drug-likeness (QED) is 0.178. The van der Waals surface area contributed by atoms with Crippen LogP contribution in [0.4, 0.5) is 28.4 Å². The number of fused-ring (bicyclic) bond motifs is 6. The normalized spacial score (nSPS) is 14.0. The zero-order chi connectivity index (χ0) is 35.1. The molecule has 0 unspecified atom stereocenters. The van der Waals surface area contributed by atoms with Gasteiger partial charge < -0.3 is 10.2 Å². The molecule has 6 aromatic carbocycles. The molecule has 10 rings (SSSR count). The van der Waals surface area contributed by atoms with Crippen LogP contribution in [0.2, 0.25) is 10.0 Å². The van der Waals surface area contributed by atoms with Gasteiger partial charge in [-0.15, -0.1) is 0 Å². The molecule has 0 aromatic heterocycles. The van der Waals surface area contributed by atoms with Gasteiger partial charge in [-0.3, -0.25) is 0 Å². The van der Waals surface area contributed by atoms with Gasteiger partial charge in [-0.2, -0.15) is 0 Å². The third kappa shape index (κ3) is 7.16. The maximum absolute atomic E-state index is 6.49. The second-order valence-electron chi connectivity index (χ2n) is 12.9. The molecule has 0 spiro atoms. The van der Waals surface area contributed by atoms with Gasteiger partial charge in [-0.05, 0) is 122 Å². The van der Waals surface area contributed by atoms with Crippen molar-refractivity contribution < 1.29 is 0 Å². The van der Waals surface area contributed by atoms with E-state index in [0.29, 0.717) is 0 Å². The third-order valence-corrected chi connectivity index (χ3v) is 12.5. The highest BCUT2D eigenvalue weighted by molar-refractivity contribution is 9.10. The molecule has 7 heteroatoms. The fourth-order valence-electron chi connectivity index (χ4n) is 6.84. The Morgan fingerprint density at radius 2 is 1.00 bits per heavy atom. The van der Waals surface area contributed by atoms with Gasteiger partial charge in [0.25, 0.3) is 0 Å². The minimum absolute atomic E-state index is 0.785. The number of hydrogen-bond donors (Lipinski definition) is 1. The van der Waals surface area contributed by atoms with Crippen LogP contribution < -0.4 is 10.2 Å². The lowest BCUT2D eigenvalue weighted by Crippen LogP contribution is -2.16. The molecule has 252 valence electrons. The zero-order valence-corrected chi connectivity index (χ0v) is 32.7. The Morgan fingerprint density at radius 3 is 1.59 bits per heavy atom. The Hall–Kier alpha value is -3.84. The summed E-state index contributed by atoms with van der Waals surface area (Å²) >= 11 is 19.6. The first-order chi connectivity index (χ1) is 24.8. The number of anilines is 5. The predicted molar refractivity (Wildman–Crippen MR) is 224 cm³/mol. The van der Waals surface area contributed by atoms with E-state index in [1.807, 2.05) is 35.7 Å². The van der Waals surface area contributed by atoms with Crippen LogP contribution in [-0.2, 0) is 12.8 Å². The molecule has 0 radical (unpaired) electrons. The van der Waals surface area contributed by atoms with Gasteiger partial charge in [0.2, 0.25) is 0 Å². The highest BCUT2D eigenvalue weighted by Gasteiger charge is 2.28. The SMILES string of the molecule is CC1=Cc2cc(Cl)cc(Br)c2C1.CC1=Cc2cc(Cl)cc(N3c4ccccc4Sc4ccccc43)c2C1.c1ccc2c(c1)Nc1ccccc1S2. The van der Waals surface area contributed by atoms with E-state index in [1.165, 1.54) is 81.4 Å². The molecule has 0 bridgehead atoms. The molecule has 2 nitrogen and oxygen atoms in total. The van der Waals surface area contributed by atoms with E-state index < -0.39 is 0 Å². The largest absolute Gasteiger partial charge is 0.354 e. The molecule has 4 aliphatic rings. The van der Waals surface area contributed by atoms with Crippen LogP contribution in [0.15, 0.2) is 157 Å². The number of hydrogen-bond acceptors (Lipinski definition) is 4. The summed E-state index contributed by atoms with van der Waals surface area (Å²) in [6, 6.07) is 42.1. The Balaban J connectivity index is 0.000000121. The molecule has 0 atom stereocenters. The van der Waals surface area contributed by atoms with E-state index in [9.17, 15) is 0 Å². The maximum atomic E-state index is 6.49. The van der Waals surface area contributed by atoms with Crippen molar-refractivity contribution in [3.05, 3.63) is 169 Å². The summed E-state index contributed by atoms with van der Waals surface area (Å²) in [5.74, 6) is 0. The lowest BCUT2D eigenvalue weighted by molar-refractivity contribution is 1.12. The molecule has 0 amide bonds. The highest BCUT2D eigenvalue weighted by atomic mass is 79.9. The molecular formula is C44H33BrCl2N2S2. The van der Waals surface area contributed by atoms with E-state index in [-0.39, 0.29) is 0 Å². The predicted octanol–water partition coefficient (Wildman–Crippen LogP) is 15.2. The van der Waals surface area contributed by atoms with E-state index in [2.05, 4.69) is 161 Å². The van der Waals surface area contributed by atoms with E-state index in [1.54, 1.807) is 0 Å².